The van der Waals surface area contributed by atoms with Crippen LogP contribution in [0.4, 0.5) is 16.3 Å². The molecule has 0 aliphatic heterocycles. The molecule has 0 radical (unpaired) electrons. The Morgan fingerprint density at radius 3 is 2.68 bits per heavy atom. The van der Waals surface area contributed by atoms with Crippen LogP contribution >= 0.6 is 0 Å². The van der Waals surface area contributed by atoms with E-state index < -0.39 is 17.4 Å². The Bertz CT molecular complexity index is 1620. The number of fused-ring (bicyclic) bond motifs is 1. The molecule has 0 spiro atoms. The van der Waals surface area contributed by atoms with E-state index in [2.05, 4.69) is 25.7 Å². The number of amides is 1. The maximum Gasteiger partial charge on any atom is 0.407 e. The number of ether oxygens (including phenoxy) is 1. The van der Waals surface area contributed by atoms with Gasteiger partial charge in [-0.25, -0.2) is 14.6 Å². The van der Waals surface area contributed by atoms with Gasteiger partial charge in [-0.05, 0) is 57.4 Å². The largest absolute Gasteiger partial charge is 0.493 e. The first-order chi connectivity index (χ1) is 17.6. The molecule has 1 aliphatic rings. The molecule has 12 nitrogen and oxygen atoms in total. The number of alkyl carbamates (subject to hydrolysis) is 1. The molecule has 5 N–H and O–H groups in total. The zero-order chi connectivity index (χ0) is 26.2. The first-order valence-electron chi connectivity index (χ1n) is 11.9. The van der Waals surface area contributed by atoms with Gasteiger partial charge in [-0.15, -0.1) is 0 Å². The number of imidazole rings is 1. The third-order valence-corrected chi connectivity index (χ3v) is 5.44. The van der Waals surface area contributed by atoms with Crippen LogP contribution in [-0.2, 0) is 11.3 Å². The van der Waals surface area contributed by atoms with Crippen LogP contribution < -0.4 is 27.0 Å². The van der Waals surface area contributed by atoms with Crippen LogP contribution in [0.1, 0.15) is 44.9 Å². The van der Waals surface area contributed by atoms with Gasteiger partial charge in [0.1, 0.15) is 17.1 Å². The molecule has 0 bridgehead atoms. The number of carbonyl (C=O) groups excluding carboxylic acids is 1. The van der Waals surface area contributed by atoms with Crippen molar-refractivity contribution in [3.63, 3.8) is 0 Å². The maximum absolute atomic E-state index is 11.9. The lowest BCUT2D eigenvalue weighted by atomic mass is 10.2. The number of nitrogens with one attached hydrogen (secondary N) is 4. The van der Waals surface area contributed by atoms with Crippen LogP contribution in [0.5, 0.6) is 5.88 Å². The summed E-state index contributed by atoms with van der Waals surface area (Å²) in [7, 11) is 0. The fourth-order valence-corrected chi connectivity index (χ4v) is 3.60. The lowest BCUT2D eigenvalue weighted by Gasteiger charge is -2.19. The normalized spacial score (nSPS) is 14.8. The second-order valence-corrected chi connectivity index (χ2v) is 9.86. The summed E-state index contributed by atoms with van der Waals surface area (Å²) in [4.78, 5) is 37.7. The third-order valence-electron chi connectivity index (χ3n) is 5.44. The van der Waals surface area contributed by atoms with E-state index in [-0.39, 0.29) is 17.6 Å². The minimum absolute atomic E-state index is 0.233. The van der Waals surface area contributed by atoms with Gasteiger partial charge in [0.15, 0.2) is 11.1 Å². The summed E-state index contributed by atoms with van der Waals surface area (Å²) in [5.74, 6) is 0.302. The monoisotopic (exact) mass is 504 g/mol. The van der Waals surface area contributed by atoms with E-state index in [4.69, 9.17) is 14.7 Å². The molecular weight excluding hydrogens is 476 g/mol. The highest BCUT2D eigenvalue weighted by atomic mass is 16.6. The summed E-state index contributed by atoms with van der Waals surface area (Å²) in [6.07, 6.45) is 4.80. The Morgan fingerprint density at radius 1 is 1.27 bits per heavy atom. The number of benzene rings is 1. The first-order valence-corrected chi connectivity index (χ1v) is 11.9. The van der Waals surface area contributed by atoms with Crippen molar-refractivity contribution in [1.82, 2.24) is 29.9 Å². The maximum atomic E-state index is 11.9. The molecule has 192 valence electrons. The molecule has 3 aromatic heterocycles. The van der Waals surface area contributed by atoms with E-state index in [1.165, 1.54) is 0 Å². The Labute approximate surface area is 211 Å². The molecule has 1 amide bonds. The number of aromatic nitrogens is 5. The Balaban J connectivity index is 1.41. The topological polar surface area (TPSA) is 162 Å². The van der Waals surface area contributed by atoms with Gasteiger partial charge >= 0.3 is 11.8 Å². The van der Waals surface area contributed by atoms with Crippen molar-refractivity contribution in [2.45, 2.75) is 51.8 Å². The van der Waals surface area contributed by atoms with Gasteiger partial charge in [-0.1, -0.05) is 12.1 Å². The minimum atomic E-state index is -0.553. The van der Waals surface area contributed by atoms with Crippen molar-refractivity contribution in [2.75, 3.05) is 5.32 Å². The molecule has 1 aromatic carbocycles. The van der Waals surface area contributed by atoms with Crippen LogP contribution in [0.15, 0.2) is 46.3 Å². The second kappa shape index (κ2) is 9.45. The highest BCUT2D eigenvalue weighted by Gasteiger charge is 2.20. The quantitative estimate of drug-likeness (QED) is 0.268. The lowest BCUT2D eigenvalue weighted by molar-refractivity contribution is 0.0523. The first kappa shape index (κ1) is 24.1. The van der Waals surface area contributed by atoms with Gasteiger partial charge < -0.3 is 25.5 Å². The van der Waals surface area contributed by atoms with Gasteiger partial charge in [0, 0.05) is 23.5 Å². The molecule has 5 rings (SSSR count). The van der Waals surface area contributed by atoms with Crippen molar-refractivity contribution < 1.29 is 14.6 Å². The number of H-pyrrole nitrogens is 2. The average Bonchev–Trinajstić information content (AvgIpc) is 3.46. The fraction of sp³-hybridized carbons (Fsp3) is 0.320. The van der Waals surface area contributed by atoms with Crippen LogP contribution in [0.3, 0.4) is 0 Å². The zero-order valence-corrected chi connectivity index (χ0v) is 20.7. The number of carbonyl (C=O) groups is 1. The number of aromatic amines is 2. The van der Waals surface area contributed by atoms with E-state index in [0.29, 0.717) is 28.7 Å². The number of hydrogen-bond acceptors (Lipinski definition) is 8. The van der Waals surface area contributed by atoms with Gasteiger partial charge in [0.25, 0.3) is 0 Å². The standard InChI is InChI=1S/C25H28N8O4/c1-25(2,3)37-24(36)26-12-14-4-6-16(7-5-14)28-19-11-20(29-17-8-9-17)33-21(31-19)15(13-27-33)10-18-22(34)32-23(35)30-18/h4-7,10-11,13,17,28,34H,8-9,12H2,1-3H3,(H,26,36)(H2,30,32,35). The van der Waals surface area contributed by atoms with Crippen LogP contribution in [-0.4, -0.2) is 47.4 Å². The van der Waals surface area contributed by atoms with E-state index in [0.717, 1.165) is 24.1 Å². The van der Waals surface area contributed by atoms with E-state index in [1.807, 2.05) is 51.1 Å². The van der Waals surface area contributed by atoms with Gasteiger partial charge in [-0.2, -0.15) is 9.61 Å². The minimum Gasteiger partial charge on any atom is -0.493 e. The number of nitrogens with zero attached hydrogens (tertiary/aromatic N) is 4. The SMILES string of the molecule is CC(C)(C)OC(=O)NCc1ccc(Nc2cc(=NC3CC3)n3ncc(=Cc4[nH]c(=O)[nH]c4O)c3n2)cc1. The number of aromatic hydroxyl groups is 1. The highest BCUT2D eigenvalue weighted by Crippen LogP contribution is 2.23. The van der Waals surface area contributed by atoms with E-state index >= 15 is 0 Å². The Hall–Kier alpha value is -4.61. The molecule has 4 aromatic rings. The van der Waals surface area contributed by atoms with Gasteiger partial charge in [0.2, 0.25) is 5.88 Å². The number of anilines is 2. The predicted octanol–water partition coefficient (Wildman–Crippen LogP) is 1.83. The van der Waals surface area contributed by atoms with E-state index in [1.54, 1.807) is 16.8 Å². The Morgan fingerprint density at radius 2 is 2.03 bits per heavy atom. The predicted molar refractivity (Wildman–Crippen MR) is 136 cm³/mol. The van der Waals surface area contributed by atoms with Crippen molar-refractivity contribution in [3.05, 3.63) is 69.0 Å². The molecule has 3 heterocycles. The van der Waals surface area contributed by atoms with Crippen molar-refractivity contribution in [1.29, 1.82) is 0 Å². The second-order valence-electron chi connectivity index (χ2n) is 9.86. The molecule has 0 unspecified atom stereocenters. The summed E-state index contributed by atoms with van der Waals surface area (Å²) in [5, 5.41) is 21.0. The summed E-state index contributed by atoms with van der Waals surface area (Å²) in [6, 6.07) is 9.67. The third kappa shape index (κ3) is 5.97. The molecule has 1 fully saturated rings. The summed E-state index contributed by atoms with van der Waals surface area (Å²) < 4.78 is 6.91. The highest BCUT2D eigenvalue weighted by molar-refractivity contribution is 5.68. The van der Waals surface area contributed by atoms with Gasteiger partial charge in [-0.3, -0.25) is 9.98 Å². The van der Waals surface area contributed by atoms with Gasteiger partial charge in [0.05, 0.1) is 12.2 Å². The van der Waals surface area contributed by atoms with Crippen LogP contribution in [0.2, 0.25) is 0 Å². The zero-order valence-electron chi connectivity index (χ0n) is 20.7. The molecule has 12 heteroatoms. The molecule has 37 heavy (non-hydrogen) atoms. The molecule has 1 aliphatic carbocycles. The number of rotatable bonds is 6. The van der Waals surface area contributed by atoms with Crippen molar-refractivity contribution in [3.8, 4) is 5.88 Å². The lowest BCUT2D eigenvalue weighted by Crippen LogP contribution is -2.32. The fourth-order valence-electron chi connectivity index (χ4n) is 3.60. The summed E-state index contributed by atoms with van der Waals surface area (Å²) >= 11 is 0. The van der Waals surface area contributed by atoms with Crippen molar-refractivity contribution >= 4 is 29.3 Å². The van der Waals surface area contributed by atoms with Crippen LogP contribution in [0, 0.1) is 0 Å². The Kier molecular flexibility index (Phi) is 6.15. The molecule has 0 atom stereocenters. The summed E-state index contributed by atoms with van der Waals surface area (Å²) in [6.45, 7) is 5.79. The van der Waals surface area contributed by atoms with Crippen molar-refractivity contribution in [2.24, 2.45) is 4.99 Å². The molecule has 0 saturated heterocycles. The average molecular weight is 505 g/mol. The molecule has 1 saturated carbocycles. The summed E-state index contributed by atoms with van der Waals surface area (Å²) in [5.41, 5.74) is 2.05. The van der Waals surface area contributed by atoms with Crippen LogP contribution in [0.25, 0.3) is 11.7 Å². The van der Waals surface area contributed by atoms with E-state index in [9.17, 15) is 14.7 Å². The molecular formula is C25H28N8O4. The number of hydrogen-bond donors (Lipinski definition) is 5. The smallest absolute Gasteiger partial charge is 0.407 e.